The number of aromatic amines is 1. The van der Waals surface area contributed by atoms with Gasteiger partial charge in [-0.25, -0.2) is 9.37 Å². The molecule has 1 aromatic carbocycles. The lowest BCUT2D eigenvalue weighted by molar-refractivity contribution is -0.136. The minimum atomic E-state index is -1.11. The summed E-state index contributed by atoms with van der Waals surface area (Å²) in [4.78, 5) is 30.5. The van der Waals surface area contributed by atoms with Crippen molar-refractivity contribution in [3.05, 3.63) is 47.5 Å². The van der Waals surface area contributed by atoms with Gasteiger partial charge in [-0.2, -0.15) is 5.10 Å². The van der Waals surface area contributed by atoms with Crippen molar-refractivity contribution in [1.29, 1.82) is 0 Å². The van der Waals surface area contributed by atoms with Crippen molar-refractivity contribution in [2.75, 3.05) is 13.1 Å². The quantitative estimate of drug-likeness (QED) is 0.787. The predicted molar refractivity (Wildman–Crippen MR) is 100 cm³/mol. The number of nitrogens with zero attached hydrogens (tertiary/aromatic N) is 3. The number of hydrogen-bond acceptors (Lipinski definition) is 4. The third-order valence-corrected chi connectivity index (χ3v) is 5.11. The second-order valence-corrected chi connectivity index (χ2v) is 7.65. The largest absolute Gasteiger partial charge is 0.351 e. The smallest absolute Gasteiger partial charge is 0.228 e. The summed E-state index contributed by atoms with van der Waals surface area (Å²) >= 11 is 0. The van der Waals surface area contributed by atoms with E-state index in [1.54, 1.807) is 4.90 Å². The van der Waals surface area contributed by atoms with E-state index in [0.29, 0.717) is 24.6 Å². The van der Waals surface area contributed by atoms with E-state index in [-0.39, 0.29) is 43.2 Å². The number of halogens is 1. The highest BCUT2D eigenvalue weighted by atomic mass is 19.1. The van der Waals surface area contributed by atoms with E-state index < -0.39 is 6.17 Å². The fraction of sp³-hybridized carbons (Fsp3) is 0.500. The Morgan fingerprint density at radius 1 is 1.21 bits per heavy atom. The zero-order valence-electron chi connectivity index (χ0n) is 15.6. The number of alkyl halides is 1. The van der Waals surface area contributed by atoms with Crippen LogP contribution in [0.4, 0.5) is 4.39 Å². The molecular weight excluding hydrogens is 361 g/mol. The summed E-state index contributed by atoms with van der Waals surface area (Å²) in [6, 6.07) is 9.49. The lowest BCUT2D eigenvalue weighted by Crippen LogP contribution is -2.54. The molecule has 28 heavy (non-hydrogen) atoms. The van der Waals surface area contributed by atoms with Crippen molar-refractivity contribution in [2.45, 2.75) is 44.3 Å². The van der Waals surface area contributed by atoms with Gasteiger partial charge in [0.2, 0.25) is 11.8 Å². The molecule has 7 nitrogen and oxygen atoms in total. The lowest BCUT2D eigenvalue weighted by atomic mass is 10.0. The SMILES string of the molecule is O=C(Cc1n[nH]c(Cc2ccccc2)n1)N[C@H]1C[C@@H](F)CN(C(=O)C2CC2)C1. The molecule has 1 saturated heterocycles. The molecule has 2 fully saturated rings. The molecule has 0 unspecified atom stereocenters. The number of nitrogens with one attached hydrogen (secondary N) is 2. The van der Waals surface area contributed by atoms with Crippen LogP contribution in [0, 0.1) is 5.92 Å². The molecule has 1 aromatic heterocycles. The zero-order chi connectivity index (χ0) is 19.5. The van der Waals surface area contributed by atoms with Crippen LogP contribution in [-0.4, -0.2) is 57.2 Å². The number of piperidine rings is 1. The summed E-state index contributed by atoms with van der Waals surface area (Å²) in [5.74, 6) is 0.904. The summed E-state index contributed by atoms with van der Waals surface area (Å²) in [7, 11) is 0. The molecule has 2 aromatic rings. The second-order valence-electron chi connectivity index (χ2n) is 7.65. The van der Waals surface area contributed by atoms with E-state index >= 15 is 0 Å². The molecule has 2 N–H and O–H groups in total. The van der Waals surface area contributed by atoms with Crippen LogP contribution in [0.25, 0.3) is 0 Å². The van der Waals surface area contributed by atoms with E-state index in [1.807, 2.05) is 30.3 Å². The number of hydrogen-bond donors (Lipinski definition) is 2. The number of rotatable bonds is 6. The van der Waals surface area contributed by atoms with Crippen LogP contribution >= 0.6 is 0 Å². The summed E-state index contributed by atoms with van der Waals surface area (Å²) in [6.07, 6.45) is 1.53. The lowest BCUT2D eigenvalue weighted by Gasteiger charge is -2.35. The number of carbonyl (C=O) groups excluding carboxylic acids is 2. The summed E-state index contributed by atoms with van der Waals surface area (Å²) in [6.45, 7) is 0.500. The fourth-order valence-electron chi connectivity index (χ4n) is 3.61. The van der Waals surface area contributed by atoms with E-state index in [0.717, 1.165) is 18.4 Å². The highest BCUT2D eigenvalue weighted by Crippen LogP contribution is 2.32. The molecule has 0 bridgehead atoms. The molecule has 0 spiro atoms. The number of amides is 2. The third-order valence-electron chi connectivity index (χ3n) is 5.11. The van der Waals surface area contributed by atoms with Crippen LogP contribution in [-0.2, 0) is 22.4 Å². The summed E-state index contributed by atoms with van der Waals surface area (Å²) < 4.78 is 14.0. The number of likely N-dealkylation sites (tertiary alicyclic amines) is 1. The number of benzene rings is 1. The van der Waals surface area contributed by atoms with Gasteiger partial charge in [-0.15, -0.1) is 0 Å². The molecule has 8 heteroatoms. The van der Waals surface area contributed by atoms with Crippen LogP contribution < -0.4 is 5.32 Å². The van der Waals surface area contributed by atoms with Gasteiger partial charge in [-0.1, -0.05) is 30.3 Å². The van der Waals surface area contributed by atoms with Gasteiger partial charge in [0.15, 0.2) is 5.82 Å². The van der Waals surface area contributed by atoms with E-state index in [1.165, 1.54) is 0 Å². The van der Waals surface area contributed by atoms with Crippen LogP contribution in [0.2, 0.25) is 0 Å². The van der Waals surface area contributed by atoms with Gasteiger partial charge in [0, 0.05) is 31.3 Å². The van der Waals surface area contributed by atoms with Gasteiger partial charge in [-0.05, 0) is 18.4 Å². The number of H-pyrrole nitrogens is 1. The van der Waals surface area contributed by atoms with E-state index in [4.69, 9.17) is 0 Å². The topological polar surface area (TPSA) is 91.0 Å². The Morgan fingerprint density at radius 3 is 2.75 bits per heavy atom. The van der Waals surface area contributed by atoms with Crippen LogP contribution in [0.3, 0.4) is 0 Å². The maximum Gasteiger partial charge on any atom is 0.228 e. The van der Waals surface area contributed by atoms with Crippen LogP contribution in [0.1, 0.15) is 36.5 Å². The van der Waals surface area contributed by atoms with Crippen molar-refractivity contribution < 1.29 is 14.0 Å². The minimum Gasteiger partial charge on any atom is -0.351 e. The van der Waals surface area contributed by atoms with Crippen LogP contribution in [0.5, 0.6) is 0 Å². The zero-order valence-corrected chi connectivity index (χ0v) is 15.6. The maximum atomic E-state index is 14.0. The van der Waals surface area contributed by atoms with Crippen molar-refractivity contribution in [3.63, 3.8) is 0 Å². The molecule has 1 saturated carbocycles. The first-order valence-electron chi connectivity index (χ1n) is 9.73. The average molecular weight is 385 g/mol. The Balaban J connectivity index is 1.29. The Kier molecular flexibility index (Phi) is 5.36. The van der Waals surface area contributed by atoms with Gasteiger partial charge in [0.05, 0.1) is 13.0 Å². The van der Waals surface area contributed by atoms with Gasteiger partial charge >= 0.3 is 0 Å². The monoisotopic (exact) mass is 385 g/mol. The van der Waals surface area contributed by atoms with Crippen molar-refractivity contribution in [2.24, 2.45) is 5.92 Å². The molecule has 148 valence electrons. The number of aromatic nitrogens is 3. The molecule has 0 radical (unpaired) electrons. The molecule has 4 rings (SSSR count). The maximum absolute atomic E-state index is 14.0. The van der Waals surface area contributed by atoms with Gasteiger partial charge < -0.3 is 10.2 Å². The standard InChI is InChI=1S/C20H24FN5O2/c21-15-9-16(12-26(11-15)20(28)14-6-7-14)22-19(27)10-18-23-17(24-25-18)8-13-4-2-1-3-5-13/h1-5,14-16H,6-12H2,(H,22,27)(H,23,24,25)/t15-,16+/m1/s1. The predicted octanol–water partition coefficient (Wildman–Crippen LogP) is 1.40. The van der Waals surface area contributed by atoms with E-state index in [9.17, 15) is 14.0 Å². The first-order valence-corrected chi connectivity index (χ1v) is 9.73. The normalized spacial score (nSPS) is 22.1. The highest BCUT2D eigenvalue weighted by Gasteiger charge is 2.38. The highest BCUT2D eigenvalue weighted by molar-refractivity contribution is 5.81. The average Bonchev–Trinajstić information content (AvgIpc) is 3.43. The Bertz CT molecular complexity index is 836. The molecule has 1 aliphatic carbocycles. The van der Waals surface area contributed by atoms with Crippen molar-refractivity contribution in [3.8, 4) is 0 Å². The first kappa shape index (κ1) is 18.6. The van der Waals surface area contributed by atoms with Gasteiger partial charge in [0.1, 0.15) is 12.0 Å². The molecule has 2 aliphatic rings. The first-order chi connectivity index (χ1) is 13.6. The molecule has 2 amide bonds. The summed E-state index contributed by atoms with van der Waals surface area (Å²) in [5.41, 5.74) is 1.10. The van der Waals surface area contributed by atoms with Crippen molar-refractivity contribution in [1.82, 2.24) is 25.4 Å². The Morgan fingerprint density at radius 2 is 2.00 bits per heavy atom. The van der Waals surface area contributed by atoms with Crippen LogP contribution in [0.15, 0.2) is 30.3 Å². The van der Waals surface area contributed by atoms with Gasteiger partial charge in [0.25, 0.3) is 0 Å². The third kappa shape index (κ3) is 4.74. The summed E-state index contributed by atoms with van der Waals surface area (Å²) in [5, 5.41) is 9.79. The van der Waals surface area contributed by atoms with Gasteiger partial charge in [-0.3, -0.25) is 14.7 Å². The Labute approximate surface area is 162 Å². The molecule has 2 heterocycles. The fourth-order valence-corrected chi connectivity index (χ4v) is 3.61. The minimum absolute atomic E-state index is 0.0149. The number of carbonyl (C=O) groups is 2. The molecule has 2 atom stereocenters. The van der Waals surface area contributed by atoms with Crippen molar-refractivity contribution >= 4 is 11.8 Å². The Hall–Kier alpha value is -2.77. The molecular formula is C20H24FN5O2. The second kappa shape index (κ2) is 8.08. The van der Waals surface area contributed by atoms with E-state index in [2.05, 4.69) is 20.5 Å². The molecule has 1 aliphatic heterocycles.